The quantitative estimate of drug-likeness (QED) is 0.497. The van der Waals surface area contributed by atoms with Crippen LogP contribution in [0.15, 0.2) is 0 Å². The molecule has 0 heterocycles. The normalized spacial score (nSPS) is 11.0. The molecule has 0 saturated carbocycles. The highest BCUT2D eigenvalue weighted by atomic mass is 35.5. The van der Waals surface area contributed by atoms with E-state index in [4.69, 9.17) is 11.6 Å². The van der Waals surface area contributed by atoms with Gasteiger partial charge < -0.3 is 4.90 Å². The van der Waals surface area contributed by atoms with Gasteiger partial charge in [0.25, 0.3) is 0 Å². The van der Waals surface area contributed by atoms with Crippen molar-refractivity contribution in [3.05, 3.63) is 0 Å². The molecular weight excluding hydrogens is 186 g/mol. The van der Waals surface area contributed by atoms with E-state index in [0.29, 0.717) is 12.0 Å². The molecule has 0 saturated heterocycles. The Morgan fingerprint density at radius 1 is 1.31 bits per heavy atom. The minimum Gasteiger partial charge on any atom is -0.326 e. The molecular formula is C10H20ClNO. The van der Waals surface area contributed by atoms with Crippen molar-refractivity contribution in [2.24, 2.45) is 5.92 Å². The zero-order valence-corrected chi connectivity index (χ0v) is 9.77. The molecule has 0 aliphatic heterocycles. The molecule has 0 radical (unpaired) electrons. The van der Waals surface area contributed by atoms with Crippen molar-refractivity contribution in [2.45, 2.75) is 46.6 Å². The van der Waals surface area contributed by atoms with E-state index in [9.17, 15) is 4.79 Å². The number of rotatable bonds is 5. The Bertz CT molecular complexity index is 155. The Balaban J connectivity index is 4.30. The third kappa shape index (κ3) is 4.51. The molecule has 0 aromatic heterocycles. The van der Waals surface area contributed by atoms with Gasteiger partial charge in [-0.25, -0.2) is 0 Å². The zero-order chi connectivity index (χ0) is 10.4. The van der Waals surface area contributed by atoms with E-state index in [1.807, 2.05) is 0 Å². The molecule has 0 aromatic rings. The highest BCUT2D eigenvalue weighted by Crippen LogP contribution is 2.13. The molecule has 2 nitrogen and oxygen atoms in total. The molecule has 78 valence electrons. The highest BCUT2D eigenvalue weighted by Gasteiger charge is 2.19. The number of halogens is 1. The Labute approximate surface area is 86.2 Å². The van der Waals surface area contributed by atoms with Crippen LogP contribution in [-0.2, 0) is 0 Å². The van der Waals surface area contributed by atoms with Crippen molar-refractivity contribution >= 4 is 17.0 Å². The predicted molar refractivity (Wildman–Crippen MR) is 57.2 cm³/mol. The second-order valence-electron chi connectivity index (χ2n) is 3.77. The molecule has 0 spiro atoms. The maximum atomic E-state index is 11.1. The summed E-state index contributed by atoms with van der Waals surface area (Å²) >= 11 is 5.53. The van der Waals surface area contributed by atoms with Crippen LogP contribution in [0, 0.1) is 5.92 Å². The number of nitrogens with zero attached hydrogens (tertiary/aromatic N) is 1. The van der Waals surface area contributed by atoms with Gasteiger partial charge in [-0.05, 0) is 30.4 Å². The van der Waals surface area contributed by atoms with Crippen molar-refractivity contribution in [3.63, 3.8) is 0 Å². The monoisotopic (exact) mass is 205 g/mol. The van der Waals surface area contributed by atoms with Crippen molar-refractivity contribution < 1.29 is 4.79 Å². The molecule has 0 rings (SSSR count). The lowest BCUT2D eigenvalue weighted by Crippen LogP contribution is -2.39. The molecule has 1 amide bonds. The number of amides is 1. The zero-order valence-electron chi connectivity index (χ0n) is 9.01. The van der Waals surface area contributed by atoms with E-state index >= 15 is 0 Å². The van der Waals surface area contributed by atoms with Crippen molar-refractivity contribution in [1.82, 2.24) is 4.90 Å². The number of carbonyl (C=O) groups excluding carboxylic acids is 1. The number of hydrogen-bond donors (Lipinski definition) is 0. The van der Waals surface area contributed by atoms with Gasteiger partial charge in [-0.15, -0.1) is 0 Å². The summed E-state index contributed by atoms with van der Waals surface area (Å²) in [5.41, 5.74) is 0. The Morgan fingerprint density at radius 3 is 2.00 bits per heavy atom. The van der Waals surface area contributed by atoms with Gasteiger partial charge in [0.05, 0.1) is 0 Å². The minimum absolute atomic E-state index is 0.299. The average Bonchev–Trinajstić information content (AvgIpc) is 2.04. The van der Waals surface area contributed by atoms with Crippen LogP contribution in [0.1, 0.15) is 40.5 Å². The topological polar surface area (TPSA) is 20.3 Å². The molecule has 13 heavy (non-hydrogen) atoms. The molecule has 0 N–H and O–H groups in total. The molecule has 3 heteroatoms. The van der Waals surface area contributed by atoms with Gasteiger partial charge in [0.15, 0.2) is 0 Å². The fourth-order valence-electron chi connectivity index (χ4n) is 1.49. The van der Waals surface area contributed by atoms with Crippen molar-refractivity contribution in [3.8, 4) is 0 Å². The second kappa shape index (κ2) is 6.25. The third-order valence-corrected chi connectivity index (χ3v) is 2.39. The maximum absolute atomic E-state index is 11.1. The van der Waals surface area contributed by atoms with Gasteiger partial charge in [0.2, 0.25) is 0 Å². The Morgan fingerprint density at radius 2 is 1.77 bits per heavy atom. The fraction of sp³-hybridized carbons (Fsp3) is 0.900. The second-order valence-corrected chi connectivity index (χ2v) is 4.09. The van der Waals surface area contributed by atoms with Gasteiger partial charge in [0.1, 0.15) is 0 Å². The lowest BCUT2D eigenvalue weighted by Gasteiger charge is -2.29. The first-order valence-corrected chi connectivity index (χ1v) is 5.36. The van der Waals surface area contributed by atoms with Crippen LogP contribution in [0.5, 0.6) is 0 Å². The lowest BCUT2D eigenvalue weighted by molar-refractivity contribution is 0.182. The Hall–Kier alpha value is -0.240. The van der Waals surface area contributed by atoms with Gasteiger partial charge in [-0.2, -0.15) is 0 Å². The van der Waals surface area contributed by atoms with Crippen LogP contribution in [-0.4, -0.2) is 22.9 Å². The minimum atomic E-state index is -0.317. The van der Waals surface area contributed by atoms with Gasteiger partial charge in [-0.1, -0.05) is 27.7 Å². The van der Waals surface area contributed by atoms with E-state index in [0.717, 1.165) is 19.4 Å². The van der Waals surface area contributed by atoms with Crippen LogP contribution in [0.4, 0.5) is 4.79 Å². The molecule has 0 aliphatic rings. The average molecular weight is 206 g/mol. The van der Waals surface area contributed by atoms with Crippen molar-refractivity contribution in [1.29, 1.82) is 0 Å². The smallest absolute Gasteiger partial charge is 0.316 e. The SMILES string of the molecule is CCC(CC)N(CC(C)C)C(=O)Cl. The Kier molecular flexibility index (Phi) is 6.13. The van der Waals surface area contributed by atoms with Gasteiger partial charge in [-0.3, -0.25) is 4.79 Å². The van der Waals surface area contributed by atoms with E-state index in [-0.39, 0.29) is 5.37 Å². The first-order valence-electron chi connectivity index (χ1n) is 4.98. The summed E-state index contributed by atoms with van der Waals surface area (Å²) < 4.78 is 0. The van der Waals surface area contributed by atoms with E-state index in [2.05, 4.69) is 27.7 Å². The molecule has 0 atom stereocenters. The summed E-state index contributed by atoms with van der Waals surface area (Å²) in [6, 6.07) is 0.299. The summed E-state index contributed by atoms with van der Waals surface area (Å²) in [5, 5.41) is -0.317. The maximum Gasteiger partial charge on any atom is 0.316 e. The van der Waals surface area contributed by atoms with Crippen LogP contribution in [0.25, 0.3) is 0 Å². The predicted octanol–water partition coefficient (Wildman–Crippen LogP) is 3.49. The standard InChI is InChI=1S/C10H20ClNO/c1-5-9(6-2)12(10(11)13)7-8(3)4/h8-9H,5-7H2,1-4H3. The van der Waals surface area contributed by atoms with E-state index < -0.39 is 0 Å². The summed E-state index contributed by atoms with van der Waals surface area (Å²) in [6.07, 6.45) is 1.95. The number of hydrogen-bond acceptors (Lipinski definition) is 1. The van der Waals surface area contributed by atoms with Gasteiger partial charge >= 0.3 is 5.37 Å². The summed E-state index contributed by atoms with van der Waals surface area (Å²) in [6.45, 7) is 9.11. The van der Waals surface area contributed by atoms with Crippen LogP contribution >= 0.6 is 11.6 Å². The largest absolute Gasteiger partial charge is 0.326 e. The lowest BCUT2D eigenvalue weighted by atomic mass is 10.1. The van der Waals surface area contributed by atoms with E-state index in [1.54, 1.807) is 4.90 Å². The first-order chi connectivity index (χ1) is 6.02. The number of carbonyl (C=O) groups is 1. The van der Waals surface area contributed by atoms with Crippen LogP contribution in [0.2, 0.25) is 0 Å². The third-order valence-electron chi connectivity index (χ3n) is 2.17. The summed E-state index contributed by atoms with van der Waals surface area (Å²) in [7, 11) is 0. The molecule has 0 unspecified atom stereocenters. The van der Waals surface area contributed by atoms with E-state index in [1.165, 1.54) is 0 Å². The molecule has 0 aliphatic carbocycles. The summed E-state index contributed by atoms with van der Waals surface area (Å²) in [5.74, 6) is 0.475. The fourth-order valence-corrected chi connectivity index (χ4v) is 1.69. The molecule has 0 bridgehead atoms. The van der Waals surface area contributed by atoms with Crippen LogP contribution < -0.4 is 0 Å². The van der Waals surface area contributed by atoms with Gasteiger partial charge in [0, 0.05) is 12.6 Å². The van der Waals surface area contributed by atoms with Crippen molar-refractivity contribution in [2.75, 3.05) is 6.54 Å². The summed E-state index contributed by atoms with van der Waals surface area (Å²) in [4.78, 5) is 12.9. The molecule has 0 aromatic carbocycles. The van der Waals surface area contributed by atoms with Crippen LogP contribution in [0.3, 0.4) is 0 Å². The highest BCUT2D eigenvalue weighted by molar-refractivity contribution is 6.62. The molecule has 0 fully saturated rings. The first kappa shape index (κ1) is 12.8.